The fourth-order valence-corrected chi connectivity index (χ4v) is 7.78. The summed E-state index contributed by atoms with van der Waals surface area (Å²) >= 11 is 0. The van der Waals surface area contributed by atoms with Gasteiger partial charge < -0.3 is 4.57 Å². The third-order valence-corrected chi connectivity index (χ3v) is 9.43. The standard InChI is InChI=1S/C22H33N3/c1-20(2)17(21(20,3)4)18-23-24-19(25(18)16-5-6-16)22-10-13-7-14(11-22)9-15(8-13)12-22/h13-17H,5-12H2,1-4H3. The zero-order chi connectivity index (χ0) is 17.2. The van der Waals surface area contributed by atoms with E-state index in [1.165, 1.54) is 63.0 Å². The van der Waals surface area contributed by atoms with E-state index in [-0.39, 0.29) is 0 Å². The maximum atomic E-state index is 4.97. The number of hydrogen-bond acceptors (Lipinski definition) is 2. The monoisotopic (exact) mass is 339 g/mol. The summed E-state index contributed by atoms with van der Waals surface area (Å²) in [5.41, 5.74) is 1.09. The van der Waals surface area contributed by atoms with Gasteiger partial charge in [-0.25, -0.2) is 0 Å². The molecule has 6 fully saturated rings. The van der Waals surface area contributed by atoms with Crippen LogP contribution in [0.3, 0.4) is 0 Å². The SMILES string of the molecule is CC1(C)C(c2nnc(C34CC5CC(CC(C5)C3)C4)n2C2CC2)C1(C)C. The molecule has 0 amide bonds. The zero-order valence-electron chi connectivity index (χ0n) is 16.4. The highest BCUT2D eigenvalue weighted by Gasteiger charge is 2.68. The van der Waals surface area contributed by atoms with E-state index in [4.69, 9.17) is 10.2 Å². The van der Waals surface area contributed by atoms with Gasteiger partial charge in [-0.3, -0.25) is 0 Å². The first-order chi connectivity index (χ1) is 11.8. The highest BCUT2D eigenvalue weighted by molar-refractivity contribution is 5.30. The Kier molecular flexibility index (Phi) is 2.64. The predicted octanol–water partition coefficient (Wildman–Crippen LogP) is 5.23. The molecule has 1 heterocycles. The van der Waals surface area contributed by atoms with Crippen molar-refractivity contribution in [3.63, 3.8) is 0 Å². The van der Waals surface area contributed by atoms with Crippen molar-refractivity contribution >= 4 is 0 Å². The van der Waals surface area contributed by atoms with E-state index in [0.717, 1.165) is 17.8 Å². The average molecular weight is 340 g/mol. The zero-order valence-corrected chi connectivity index (χ0v) is 16.4. The van der Waals surface area contributed by atoms with Crippen molar-refractivity contribution < 1.29 is 0 Å². The van der Waals surface area contributed by atoms with Gasteiger partial charge in [-0.1, -0.05) is 27.7 Å². The van der Waals surface area contributed by atoms with Crippen molar-refractivity contribution in [3.05, 3.63) is 11.6 Å². The summed E-state index contributed by atoms with van der Waals surface area (Å²) in [7, 11) is 0. The van der Waals surface area contributed by atoms with Gasteiger partial charge in [0.05, 0.1) is 0 Å². The minimum Gasteiger partial charge on any atom is -0.311 e. The normalized spacial score (nSPS) is 43.6. The summed E-state index contributed by atoms with van der Waals surface area (Å²) in [6.07, 6.45) is 11.4. The van der Waals surface area contributed by atoms with Gasteiger partial charge in [0.2, 0.25) is 0 Å². The Hall–Kier alpha value is -0.860. The van der Waals surface area contributed by atoms with E-state index in [1.54, 1.807) is 0 Å². The molecule has 3 nitrogen and oxygen atoms in total. The van der Waals surface area contributed by atoms with Crippen LogP contribution in [0.4, 0.5) is 0 Å². The van der Waals surface area contributed by atoms with Gasteiger partial charge in [0.15, 0.2) is 0 Å². The summed E-state index contributed by atoms with van der Waals surface area (Å²) in [5, 5.41) is 9.87. The van der Waals surface area contributed by atoms with Crippen molar-refractivity contribution in [1.29, 1.82) is 0 Å². The largest absolute Gasteiger partial charge is 0.311 e. The Morgan fingerprint density at radius 1 is 0.800 bits per heavy atom. The third kappa shape index (κ3) is 1.83. The molecule has 0 radical (unpaired) electrons. The van der Waals surface area contributed by atoms with Crippen molar-refractivity contribution in [2.24, 2.45) is 28.6 Å². The van der Waals surface area contributed by atoms with Crippen molar-refractivity contribution in [3.8, 4) is 0 Å². The topological polar surface area (TPSA) is 30.7 Å². The summed E-state index contributed by atoms with van der Waals surface area (Å²) in [4.78, 5) is 0. The van der Waals surface area contributed by atoms with Crippen LogP contribution < -0.4 is 0 Å². The summed E-state index contributed by atoms with van der Waals surface area (Å²) in [6, 6.07) is 0.709. The second-order valence-electron chi connectivity index (χ2n) is 11.6. The highest BCUT2D eigenvalue weighted by Crippen LogP contribution is 2.74. The first-order valence-corrected chi connectivity index (χ1v) is 10.8. The number of aromatic nitrogens is 3. The summed E-state index contributed by atoms with van der Waals surface area (Å²) in [5.74, 6) is 6.27. The van der Waals surface area contributed by atoms with Crippen molar-refractivity contribution in [2.75, 3.05) is 0 Å². The van der Waals surface area contributed by atoms with E-state index >= 15 is 0 Å². The molecular formula is C22H33N3. The van der Waals surface area contributed by atoms with Crippen LogP contribution in [0.2, 0.25) is 0 Å². The highest BCUT2D eigenvalue weighted by atomic mass is 15.3. The maximum absolute atomic E-state index is 4.97. The Morgan fingerprint density at radius 2 is 1.32 bits per heavy atom. The Labute approximate surface area is 152 Å². The molecule has 0 saturated heterocycles. The predicted molar refractivity (Wildman–Crippen MR) is 98.4 cm³/mol. The molecule has 25 heavy (non-hydrogen) atoms. The van der Waals surface area contributed by atoms with Crippen LogP contribution in [-0.4, -0.2) is 14.8 Å². The van der Waals surface area contributed by atoms with E-state index in [0.29, 0.717) is 28.2 Å². The smallest absolute Gasteiger partial charge is 0.139 e. The van der Waals surface area contributed by atoms with Gasteiger partial charge in [0.25, 0.3) is 0 Å². The molecule has 6 aliphatic rings. The number of nitrogens with zero attached hydrogens (tertiary/aromatic N) is 3. The van der Waals surface area contributed by atoms with Gasteiger partial charge in [0, 0.05) is 17.4 Å². The molecule has 6 aliphatic carbocycles. The lowest BCUT2D eigenvalue weighted by Gasteiger charge is -2.56. The molecule has 7 rings (SSSR count). The lowest BCUT2D eigenvalue weighted by molar-refractivity contribution is -0.0113. The molecule has 136 valence electrons. The Bertz CT molecular complexity index is 687. The second-order valence-corrected chi connectivity index (χ2v) is 11.6. The minimum atomic E-state index is 0.353. The molecule has 0 aromatic carbocycles. The quantitative estimate of drug-likeness (QED) is 0.755. The third-order valence-electron chi connectivity index (χ3n) is 9.43. The molecule has 4 bridgehead atoms. The first kappa shape index (κ1) is 15.2. The van der Waals surface area contributed by atoms with E-state index in [1.807, 2.05) is 0 Å². The molecule has 1 aromatic heterocycles. The van der Waals surface area contributed by atoms with Crippen LogP contribution in [0.5, 0.6) is 0 Å². The number of rotatable bonds is 3. The van der Waals surface area contributed by atoms with E-state index < -0.39 is 0 Å². The van der Waals surface area contributed by atoms with Crippen LogP contribution in [0, 0.1) is 28.6 Å². The van der Waals surface area contributed by atoms with Crippen LogP contribution >= 0.6 is 0 Å². The van der Waals surface area contributed by atoms with Crippen LogP contribution in [0.25, 0.3) is 0 Å². The summed E-state index contributed by atoms with van der Waals surface area (Å²) in [6.45, 7) is 9.70. The molecule has 0 N–H and O–H groups in total. The lowest BCUT2D eigenvalue weighted by Crippen LogP contribution is -2.49. The van der Waals surface area contributed by atoms with Crippen LogP contribution in [0.1, 0.15) is 103 Å². The van der Waals surface area contributed by atoms with Gasteiger partial charge in [-0.05, 0) is 80.0 Å². The van der Waals surface area contributed by atoms with Crippen molar-refractivity contribution in [2.45, 2.75) is 96.4 Å². The van der Waals surface area contributed by atoms with Gasteiger partial charge >= 0.3 is 0 Å². The second kappa shape index (κ2) is 4.34. The van der Waals surface area contributed by atoms with Crippen LogP contribution in [-0.2, 0) is 5.41 Å². The minimum absolute atomic E-state index is 0.353. The molecule has 0 aliphatic heterocycles. The molecule has 3 heteroatoms. The molecule has 0 unspecified atom stereocenters. The fraction of sp³-hybridized carbons (Fsp3) is 0.909. The maximum Gasteiger partial charge on any atom is 0.139 e. The molecule has 1 aromatic rings. The van der Waals surface area contributed by atoms with Crippen LogP contribution in [0.15, 0.2) is 0 Å². The average Bonchev–Trinajstić information content (AvgIpc) is 3.34. The van der Waals surface area contributed by atoms with Gasteiger partial charge in [0.1, 0.15) is 11.6 Å². The molecule has 6 saturated carbocycles. The van der Waals surface area contributed by atoms with Gasteiger partial charge in [-0.15, -0.1) is 10.2 Å². The molecule has 0 atom stereocenters. The van der Waals surface area contributed by atoms with Gasteiger partial charge in [-0.2, -0.15) is 0 Å². The first-order valence-electron chi connectivity index (χ1n) is 10.8. The lowest BCUT2D eigenvalue weighted by atomic mass is 9.49. The molecular weight excluding hydrogens is 306 g/mol. The van der Waals surface area contributed by atoms with Crippen molar-refractivity contribution in [1.82, 2.24) is 14.8 Å². The summed E-state index contributed by atoms with van der Waals surface area (Å²) < 4.78 is 2.69. The van der Waals surface area contributed by atoms with E-state index in [2.05, 4.69) is 32.3 Å². The van der Waals surface area contributed by atoms with E-state index in [9.17, 15) is 0 Å². The Morgan fingerprint density at radius 3 is 1.76 bits per heavy atom. The number of hydrogen-bond donors (Lipinski definition) is 0. The molecule has 0 spiro atoms. The Balaban J connectivity index is 1.46. The fourth-order valence-electron chi connectivity index (χ4n) is 7.78.